The summed E-state index contributed by atoms with van der Waals surface area (Å²) in [5, 5.41) is 4.67. The van der Waals surface area contributed by atoms with Crippen LogP contribution in [0.4, 0.5) is 5.82 Å². The van der Waals surface area contributed by atoms with E-state index in [9.17, 15) is 0 Å². The van der Waals surface area contributed by atoms with Gasteiger partial charge in [-0.3, -0.25) is 0 Å². The summed E-state index contributed by atoms with van der Waals surface area (Å²) in [5.74, 6) is 2.04. The number of hydrogen-bond acceptors (Lipinski definition) is 3. The van der Waals surface area contributed by atoms with Crippen molar-refractivity contribution in [1.29, 1.82) is 0 Å². The summed E-state index contributed by atoms with van der Waals surface area (Å²) in [5.41, 5.74) is 7.92. The second kappa shape index (κ2) is 6.52. The smallest absolute Gasteiger partial charge is 0.175 e. The van der Waals surface area contributed by atoms with Crippen LogP contribution in [-0.4, -0.2) is 5.16 Å². The van der Waals surface area contributed by atoms with Crippen molar-refractivity contribution in [2.75, 3.05) is 5.73 Å². The van der Waals surface area contributed by atoms with Crippen LogP contribution in [-0.2, 0) is 6.42 Å². The number of benzene rings is 1. The molecule has 2 N–H and O–H groups in total. The van der Waals surface area contributed by atoms with Gasteiger partial charge in [0.15, 0.2) is 5.82 Å². The molecular weight excluding hydrogens is 284 g/mol. The highest BCUT2D eigenvalue weighted by atomic mass is 35.5. The van der Waals surface area contributed by atoms with E-state index < -0.39 is 0 Å². The van der Waals surface area contributed by atoms with E-state index in [4.69, 9.17) is 21.9 Å². The summed E-state index contributed by atoms with van der Waals surface area (Å²) in [6.45, 7) is 0. The molecule has 1 heterocycles. The standard InChI is InChI=1S/C17H21ClN2O/c18-14-9-5-8-13(11-14)16-15(21-20-17(16)19)10-12-6-3-1-2-4-7-12/h5,8-9,11-12H,1-4,6-7,10H2,(H2,19,20). The number of halogens is 1. The first kappa shape index (κ1) is 14.5. The van der Waals surface area contributed by atoms with Gasteiger partial charge in [-0.1, -0.05) is 67.4 Å². The lowest BCUT2D eigenvalue weighted by atomic mass is 9.92. The van der Waals surface area contributed by atoms with E-state index in [0.29, 0.717) is 16.8 Å². The van der Waals surface area contributed by atoms with Crippen molar-refractivity contribution in [3.63, 3.8) is 0 Å². The third-order valence-electron chi connectivity index (χ3n) is 4.35. The number of nitrogens with zero attached hydrogens (tertiary/aromatic N) is 1. The van der Waals surface area contributed by atoms with E-state index in [1.165, 1.54) is 38.5 Å². The Morgan fingerprint density at radius 3 is 2.67 bits per heavy atom. The number of anilines is 1. The number of nitrogen functional groups attached to an aromatic ring is 1. The van der Waals surface area contributed by atoms with Crippen molar-refractivity contribution in [2.45, 2.75) is 44.9 Å². The van der Waals surface area contributed by atoms with Gasteiger partial charge in [0.1, 0.15) is 5.76 Å². The molecule has 112 valence electrons. The van der Waals surface area contributed by atoms with Crippen LogP contribution in [0.3, 0.4) is 0 Å². The molecule has 1 aromatic heterocycles. The molecule has 21 heavy (non-hydrogen) atoms. The van der Waals surface area contributed by atoms with Gasteiger partial charge in [0.05, 0.1) is 5.56 Å². The summed E-state index contributed by atoms with van der Waals surface area (Å²) in [7, 11) is 0. The van der Waals surface area contributed by atoms with E-state index in [0.717, 1.165) is 23.3 Å². The minimum atomic E-state index is 0.459. The molecule has 0 saturated heterocycles. The first-order valence-corrected chi connectivity index (χ1v) is 8.12. The van der Waals surface area contributed by atoms with Gasteiger partial charge in [-0.05, 0) is 23.6 Å². The fraction of sp³-hybridized carbons (Fsp3) is 0.471. The molecule has 0 aliphatic heterocycles. The second-order valence-corrected chi connectivity index (χ2v) is 6.37. The van der Waals surface area contributed by atoms with Crippen molar-refractivity contribution in [1.82, 2.24) is 5.16 Å². The van der Waals surface area contributed by atoms with Gasteiger partial charge in [0.2, 0.25) is 0 Å². The van der Waals surface area contributed by atoms with Gasteiger partial charge in [0.25, 0.3) is 0 Å². The summed E-state index contributed by atoms with van der Waals surface area (Å²) >= 11 is 6.09. The fourth-order valence-corrected chi connectivity index (χ4v) is 3.45. The van der Waals surface area contributed by atoms with Crippen LogP contribution < -0.4 is 5.73 Å². The van der Waals surface area contributed by atoms with Crippen molar-refractivity contribution in [3.05, 3.63) is 35.0 Å². The third-order valence-corrected chi connectivity index (χ3v) is 4.59. The largest absolute Gasteiger partial charge is 0.380 e. The maximum atomic E-state index is 6.09. The fourth-order valence-electron chi connectivity index (χ4n) is 3.26. The van der Waals surface area contributed by atoms with Crippen LogP contribution >= 0.6 is 11.6 Å². The lowest BCUT2D eigenvalue weighted by molar-refractivity contribution is 0.347. The van der Waals surface area contributed by atoms with E-state index in [1.807, 2.05) is 24.3 Å². The molecule has 0 bridgehead atoms. The summed E-state index contributed by atoms with van der Waals surface area (Å²) < 4.78 is 5.52. The molecule has 0 unspecified atom stereocenters. The van der Waals surface area contributed by atoms with Crippen molar-refractivity contribution >= 4 is 17.4 Å². The quantitative estimate of drug-likeness (QED) is 0.803. The summed E-state index contributed by atoms with van der Waals surface area (Å²) in [4.78, 5) is 0. The highest BCUT2D eigenvalue weighted by Crippen LogP contribution is 2.34. The molecule has 0 radical (unpaired) electrons. The summed E-state index contributed by atoms with van der Waals surface area (Å²) in [6.07, 6.45) is 8.82. The van der Waals surface area contributed by atoms with Gasteiger partial charge < -0.3 is 10.3 Å². The highest BCUT2D eigenvalue weighted by molar-refractivity contribution is 6.30. The van der Waals surface area contributed by atoms with Gasteiger partial charge in [-0.15, -0.1) is 0 Å². The van der Waals surface area contributed by atoms with Crippen LogP contribution in [0.1, 0.15) is 44.3 Å². The Balaban J connectivity index is 1.86. The van der Waals surface area contributed by atoms with Crippen molar-refractivity contribution < 1.29 is 4.52 Å². The molecule has 0 spiro atoms. The summed E-state index contributed by atoms with van der Waals surface area (Å²) in [6, 6.07) is 7.71. The normalized spacial score (nSPS) is 16.8. The molecule has 1 aliphatic carbocycles. The molecule has 0 atom stereocenters. The molecule has 3 nitrogen and oxygen atoms in total. The maximum Gasteiger partial charge on any atom is 0.175 e. The van der Waals surface area contributed by atoms with Gasteiger partial charge in [-0.2, -0.15) is 0 Å². The Kier molecular flexibility index (Phi) is 4.49. The SMILES string of the molecule is Nc1noc(CC2CCCCCC2)c1-c1cccc(Cl)c1. The Bertz CT molecular complexity index is 601. The molecule has 1 fully saturated rings. The van der Waals surface area contributed by atoms with Crippen LogP contribution in [0.2, 0.25) is 5.02 Å². The number of hydrogen-bond donors (Lipinski definition) is 1. The molecule has 1 saturated carbocycles. The molecule has 4 heteroatoms. The maximum absolute atomic E-state index is 6.09. The Hall–Kier alpha value is -1.48. The van der Waals surface area contributed by atoms with Crippen molar-refractivity contribution in [2.24, 2.45) is 5.92 Å². The van der Waals surface area contributed by atoms with E-state index in [-0.39, 0.29) is 0 Å². The number of aromatic nitrogens is 1. The minimum Gasteiger partial charge on any atom is -0.380 e. The third kappa shape index (κ3) is 3.41. The van der Waals surface area contributed by atoms with E-state index in [1.54, 1.807) is 0 Å². The first-order chi connectivity index (χ1) is 10.2. The molecule has 2 aromatic rings. The topological polar surface area (TPSA) is 52.0 Å². The Morgan fingerprint density at radius 1 is 1.19 bits per heavy atom. The van der Waals surface area contributed by atoms with Crippen molar-refractivity contribution in [3.8, 4) is 11.1 Å². The molecule has 1 aliphatic rings. The molecule has 0 amide bonds. The molecular formula is C17H21ClN2O. The lowest BCUT2D eigenvalue weighted by Crippen LogP contribution is -2.03. The van der Waals surface area contributed by atoms with Crippen LogP contribution in [0.5, 0.6) is 0 Å². The van der Waals surface area contributed by atoms with Crippen LogP contribution in [0, 0.1) is 5.92 Å². The van der Waals surface area contributed by atoms with Gasteiger partial charge in [0, 0.05) is 11.4 Å². The first-order valence-electron chi connectivity index (χ1n) is 7.74. The lowest BCUT2D eigenvalue weighted by Gasteiger charge is -2.12. The highest BCUT2D eigenvalue weighted by Gasteiger charge is 2.21. The van der Waals surface area contributed by atoms with Gasteiger partial charge in [-0.25, -0.2) is 0 Å². The number of nitrogens with two attached hydrogens (primary N) is 1. The predicted octanol–water partition coefficient (Wildman–Crippen LogP) is 5.09. The Labute approximate surface area is 130 Å². The monoisotopic (exact) mass is 304 g/mol. The van der Waals surface area contributed by atoms with Crippen LogP contribution in [0.15, 0.2) is 28.8 Å². The van der Waals surface area contributed by atoms with Gasteiger partial charge >= 0.3 is 0 Å². The average molecular weight is 305 g/mol. The van der Waals surface area contributed by atoms with E-state index >= 15 is 0 Å². The van der Waals surface area contributed by atoms with E-state index in [2.05, 4.69) is 5.16 Å². The zero-order valence-electron chi connectivity index (χ0n) is 12.1. The number of rotatable bonds is 3. The molecule has 3 rings (SSSR count). The predicted molar refractivity (Wildman–Crippen MR) is 86.3 cm³/mol. The zero-order valence-corrected chi connectivity index (χ0v) is 12.9. The average Bonchev–Trinajstić information content (AvgIpc) is 2.67. The molecule has 1 aromatic carbocycles. The second-order valence-electron chi connectivity index (χ2n) is 5.94. The van der Waals surface area contributed by atoms with Crippen LogP contribution in [0.25, 0.3) is 11.1 Å². The minimum absolute atomic E-state index is 0.459. The Morgan fingerprint density at radius 2 is 1.95 bits per heavy atom. The zero-order chi connectivity index (χ0) is 14.7.